The van der Waals surface area contributed by atoms with Gasteiger partial charge in [0.1, 0.15) is 5.82 Å². The molecule has 3 N–H and O–H groups in total. The largest absolute Gasteiger partial charge is 0.451 e. The summed E-state index contributed by atoms with van der Waals surface area (Å²) in [6.07, 6.45) is 0.734. The van der Waals surface area contributed by atoms with Crippen LogP contribution in [0.2, 0.25) is 10.2 Å². The summed E-state index contributed by atoms with van der Waals surface area (Å²) in [6, 6.07) is 4.00. The van der Waals surface area contributed by atoms with Crippen molar-refractivity contribution in [3.63, 3.8) is 0 Å². The number of rotatable bonds is 6. The first kappa shape index (κ1) is 27.0. The Bertz CT molecular complexity index is 1380. The number of amides is 1. The van der Waals surface area contributed by atoms with Crippen molar-refractivity contribution < 1.29 is 23.1 Å². The van der Waals surface area contributed by atoms with E-state index in [0.717, 1.165) is 25.7 Å². The number of benzene rings is 1. The van der Waals surface area contributed by atoms with E-state index in [-0.39, 0.29) is 46.1 Å². The Labute approximate surface area is 226 Å². The fourth-order valence-electron chi connectivity index (χ4n) is 5.27. The maximum absolute atomic E-state index is 13.5. The zero-order chi connectivity index (χ0) is 27.5. The summed E-state index contributed by atoms with van der Waals surface area (Å²) in [7, 11) is 0. The Morgan fingerprint density at radius 2 is 1.89 bits per heavy atom. The predicted molar refractivity (Wildman–Crippen MR) is 137 cm³/mol. The smallest absolute Gasteiger partial charge is 0.389 e. The second-order valence-corrected chi connectivity index (χ2v) is 11.8. The average molecular weight is 571 g/mol. The molecule has 8 nitrogen and oxygen atoms in total. The predicted octanol–water partition coefficient (Wildman–Crippen LogP) is 5.47. The van der Waals surface area contributed by atoms with Crippen molar-refractivity contribution >= 4 is 45.8 Å². The van der Waals surface area contributed by atoms with Crippen molar-refractivity contribution in [1.82, 2.24) is 25.1 Å². The maximum atomic E-state index is 13.5. The van der Waals surface area contributed by atoms with E-state index in [1.54, 1.807) is 19.9 Å². The third kappa shape index (κ3) is 6.00. The molecule has 2 aromatic heterocycles. The lowest BCUT2D eigenvalue weighted by Gasteiger charge is -2.36. The molecule has 2 aliphatic carbocycles. The van der Waals surface area contributed by atoms with E-state index in [0.29, 0.717) is 16.8 Å². The monoisotopic (exact) mass is 570 g/mol. The second kappa shape index (κ2) is 9.53. The highest BCUT2D eigenvalue weighted by Crippen LogP contribution is 2.56. The van der Waals surface area contributed by atoms with Gasteiger partial charge in [-0.15, -0.1) is 0 Å². The molecule has 3 aromatic rings. The first-order valence-electron chi connectivity index (χ1n) is 12.3. The van der Waals surface area contributed by atoms with Crippen LogP contribution in [-0.4, -0.2) is 48.4 Å². The third-order valence-electron chi connectivity index (χ3n) is 6.98. The topological polar surface area (TPSA) is 105 Å². The number of alkyl halides is 3. The molecule has 5 rings (SSSR count). The molecule has 204 valence electrons. The van der Waals surface area contributed by atoms with Crippen LogP contribution < -0.4 is 10.6 Å². The molecule has 1 aromatic carbocycles. The fourth-order valence-corrected chi connectivity index (χ4v) is 5.67. The van der Waals surface area contributed by atoms with Gasteiger partial charge in [-0.1, -0.05) is 23.2 Å². The number of carbonyl (C=O) groups excluding carboxylic acids is 1. The van der Waals surface area contributed by atoms with Crippen LogP contribution in [0.3, 0.4) is 0 Å². The summed E-state index contributed by atoms with van der Waals surface area (Å²) in [5, 5.41) is 21.2. The zero-order valence-electron chi connectivity index (χ0n) is 20.7. The highest BCUT2D eigenvalue weighted by Gasteiger charge is 2.49. The molecule has 2 heterocycles. The van der Waals surface area contributed by atoms with Gasteiger partial charge in [-0.25, -0.2) is 9.97 Å². The van der Waals surface area contributed by atoms with Gasteiger partial charge < -0.3 is 15.7 Å². The minimum atomic E-state index is -4.71. The molecule has 13 heteroatoms. The van der Waals surface area contributed by atoms with E-state index in [1.807, 2.05) is 0 Å². The van der Waals surface area contributed by atoms with Gasteiger partial charge >= 0.3 is 6.18 Å². The average Bonchev–Trinajstić information content (AvgIpc) is 3.41. The van der Waals surface area contributed by atoms with E-state index < -0.39 is 23.5 Å². The lowest BCUT2D eigenvalue weighted by molar-refractivity contribution is -0.144. The number of anilines is 1. The zero-order valence-corrected chi connectivity index (χ0v) is 22.3. The van der Waals surface area contributed by atoms with Crippen LogP contribution in [0.15, 0.2) is 24.4 Å². The van der Waals surface area contributed by atoms with Gasteiger partial charge in [0.2, 0.25) is 5.82 Å². The Morgan fingerprint density at radius 3 is 2.55 bits per heavy atom. The van der Waals surface area contributed by atoms with Gasteiger partial charge in [0, 0.05) is 28.7 Å². The molecule has 0 bridgehead atoms. The van der Waals surface area contributed by atoms with Gasteiger partial charge in [-0.05, 0) is 69.6 Å². The highest BCUT2D eigenvalue weighted by atomic mass is 35.5. The quantitative estimate of drug-likeness (QED) is 0.363. The minimum absolute atomic E-state index is 0.0100. The van der Waals surface area contributed by atoms with E-state index >= 15 is 0 Å². The van der Waals surface area contributed by atoms with Gasteiger partial charge in [0.25, 0.3) is 5.91 Å². The van der Waals surface area contributed by atoms with Crippen LogP contribution in [-0.2, 0) is 12.7 Å². The number of hydrogen-bond donors (Lipinski definition) is 3. The third-order valence-corrected chi connectivity index (χ3v) is 7.50. The van der Waals surface area contributed by atoms with Crippen molar-refractivity contribution in [2.75, 3.05) is 5.32 Å². The van der Waals surface area contributed by atoms with Crippen molar-refractivity contribution in [3.05, 3.63) is 46.0 Å². The first-order valence-corrected chi connectivity index (χ1v) is 13.0. The molecule has 2 saturated carbocycles. The molecule has 2 atom stereocenters. The van der Waals surface area contributed by atoms with E-state index in [1.165, 1.54) is 23.0 Å². The van der Waals surface area contributed by atoms with Crippen LogP contribution in [0.4, 0.5) is 19.0 Å². The Kier molecular flexibility index (Phi) is 6.76. The summed E-state index contributed by atoms with van der Waals surface area (Å²) in [5.74, 6) is -1.56. The molecule has 0 saturated heterocycles. The van der Waals surface area contributed by atoms with Crippen LogP contribution in [0, 0.1) is 5.41 Å². The summed E-state index contributed by atoms with van der Waals surface area (Å²) in [6.45, 7) is 3.41. The maximum Gasteiger partial charge on any atom is 0.451 e. The number of hydrogen-bond acceptors (Lipinski definition) is 6. The van der Waals surface area contributed by atoms with Crippen molar-refractivity contribution in [2.45, 2.75) is 76.4 Å². The van der Waals surface area contributed by atoms with Gasteiger partial charge in [-0.2, -0.15) is 18.3 Å². The molecule has 0 radical (unpaired) electrons. The van der Waals surface area contributed by atoms with Crippen LogP contribution in [0.25, 0.3) is 10.9 Å². The number of halogens is 5. The summed E-state index contributed by atoms with van der Waals surface area (Å²) in [4.78, 5) is 20.6. The summed E-state index contributed by atoms with van der Waals surface area (Å²) in [5.41, 5.74) is -0.693. The summed E-state index contributed by atoms with van der Waals surface area (Å²) >= 11 is 12.3. The summed E-state index contributed by atoms with van der Waals surface area (Å²) < 4.78 is 42.0. The van der Waals surface area contributed by atoms with Gasteiger partial charge in [0.15, 0.2) is 5.15 Å². The van der Waals surface area contributed by atoms with Crippen LogP contribution in [0.5, 0.6) is 0 Å². The number of carbonyl (C=O) groups is 1. The Hall–Kier alpha value is -2.63. The normalized spacial score (nSPS) is 21.1. The second-order valence-electron chi connectivity index (χ2n) is 11.1. The molecule has 1 amide bonds. The molecular weight excluding hydrogens is 544 g/mol. The molecular formula is C25H27Cl2F3N6O2. The Morgan fingerprint density at radius 1 is 1.18 bits per heavy atom. The fraction of sp³-hybridized carbons (Fsp3) is 0.520. The van der Waals surface area contributed by atoms with Gasteiger partial charge in [0.05, 0.1) is 23.2 Å². The SMILES string of the molecule is CC(C)(O)Cn1cc(C(=O)N[C@@H]2C[C@H](Nc3nc(C(F)(F)F)nc4ccc(Cl)cc34)CC3(CC3)C2)c(Cl)n1. The van der Waals surface area contributed by atoms with Crippen molar-refractivity contribution in [2.24, 2.45) is 5.41 Å². The van der Waals surface area contributed by atoms with Crippen molar-refractivity contribution in [3.8, 4) is 0 Å². The molecule has 0 aliphatic heterocycles. The van der Waals surface area contributed by atoms with Gasteiger partial charge in [-0.3, -0.25) is 9.48 Å². The van der Waals surface area contributed by atoms with Crippen LogP contribution >= 0.6 is 23.2 Å². The lowest BCUT2D eigenvalue weighted by Crippen LogP contribution is -2.45. The number of aliphatic hydroxyl groups is 1. The van der Waals surface area contributed by atoms with Crippen LogP contribution in [0.1, 0.15) is 62.1 Å². The molecule has 2 fully saturated rings. The first-order chi connectivity index (χ1) is 17.7. The molecule has 38 heavy (non-hydrogen) atoms. The molecule has 2 aliphatic rings. The number of fused-ring (bicyclic) bond motifs is 1. The molecule has 0 unspecified atom stereocenters. The van der Waals surface area contributed by atoms with Crippen molar-refractivity contribution in [1.29, 1.82) is 0 Å². The van der Waals surface area contributed by atoms with E-state index in [9.17, 15) is 23.1 Å². The van der Waals surface area contributed by atoms with E-state index in [2.05, 4.69) is 25.7 Å². The lowest BCUT2D eigenvalue weighted by atomic mass is 9.79. The number of nitrogens with zero attached hydrogens (tertiary/aromatic N) is 4. The number of nitrogens with one attached hydrogen (secondary N) is 2. The Balaban J connectivity index is 1.37. The highest BCUT2D eigenvalue weighted by molar-refractivity contribution is 6.32. The minimum Gasteiger partial charge on any atom is -0.389 e. The molecule has 1 spiro atoms. The van der Waals surface area contributed by atoms with E-state index in [4.69, 9.17) is 23.2 Å². The number of aromatic nitrogens is 4. The standard InChI is InChI=1S/C25H27Cl2F3N6O2/c1-23(2,38)12-36-11-17(19(27)35-36)21(37)32-15-8-14(9-24(10-15)5-6-24)31-20-16-7-13(26)3-4-18(16)33-22(34-20)25(28,29)30/h3-4,7,11,14-15,38H,5-6,8-10,12H2,1-2H3,(H,32,37)(H,31,33,34)/t14-,15+/m0/s1.